The molecular weight excluding hydrogens is 477 g/mol. The molecule has 1 aromatic carbocycles. The van der Waals surface area contributed by atoms with E-state index in [0.29, 0.717) is 22.3 Å². The van der Waals surface area contributed by atoms with Gasteiger partial charge in [-0.15, -0.1) is 11.3 Å². The molecule has 33 heavy (non-hydrogen) atoms. The lowest BCUT2D eigenvalue weighted by Crippen LogP contribution is -2.41. The Hall–Kier alpha value is -3.69. The van der Waals surface area contributed by atoms with Gasteiger partial charge in [-0.1, -0.05) is 36.0 Å². The maximum absolute atomic E-state index is 13.6. The predicted molar refractivity (Wildman–Crippen MR) is 113 cm³/mol. The first kappa shape index (κ1) is 22.5. The van der Waals surface area contributed by atoms with E-state index in [9.17, 15) is 28.0 Å². The normalized spacial score (nSPS) is 11.3. The van der Waals surface area contributed by atoms with Gasteiger partial charge in [0, 0.05) is 12.1 Å². The van der Waals surface area contributed by atoms with Crippen molar-refractivity contribution in [3.05, 3.63) is 81.2 Å². The maximum Gasteiger partial charge on any atom is 0.438 e. The zero-order chi connectivity index (χ0) is 23.6. The summed E-state index contributed by atoms with van der Waals surface area (Å²) in [7, 11) is 0. The van der Waals surface area contributed by atoms with Gasteiger partial charge in [-0.05, 0) is 27.5 Å². The van der Waals surface area contributed by atoms with E-state index < -0.39 is 34.5 Å². The highest BCUT2D eigenvalue weighted by molar-refractivity contribution is 8.00. The molecule has 0 unspecified atom stereocenters. The average Bonchev–Trinajstić information content (AvgIpc) is 3.47. The number of rotatable bonds is 6. The van der Waals surface area contributed by atoms with Crippen molar-refractivity contribution in [1.29, 1.82) is 5.26 Å². The van der Waals surface area contributed by atoms with Gasteiger partial charge >= 0.3 is 17.5 Å². The molecule has 166 valence electrons. The molecule has 3 heterocycles. The standard InChI is InChI=1S/C21H11F3N4O3S2/c22-21(23,24)14-9-15(17-7-4-8-32-17)26-19(13(14)10-25)33-11-16(29)18-20(30)31-27-28(18)12-5-2-1-3-6-12/h1-9H,11H2/p+1. The summed E-state index contributed by atoms with van der Waals surface area (Å²) in [5, 5.41) is 13.2. The molecule has 4 rings (SSSR count). The van der Waals surface area contributed by atoms with E-state index >= 15 is 0 Å². The highest BCUT2D eigenvalue weighted by Gasteiger charge is 2.37. The van der Waals surface area contributed by atoms with E-state index in [-0.39, 0.29) is 16.4 Å². The number of thiophene rings is 1. The summed E-state index contributed by atoms with van der Waals surface area (Å²) in [5.74, 6) is -1.15. The van der Waals surface area contributed by atoms with Crippen molar-refractivity contribution in [1.82, 2.24) is 10.3 Å². The summed E-state index contributed by atoms with van der Waals surface area (Å²) < 4.78 is 46.8. The Labute approximate surface area is 192 Å². The number of ketones is 1. The third kappa shape index (κ3) is 4.59. The van der Waals surface area contributed by atoms with Crippen LogP contribution in [-0.4, -0.2) is 21.8 Å². The summed E-state index contributed by atoms with van der Waals surface area (Å²) in [6.07, 6.45) is -4.79. The third-order valence-corrected chi connectivity index (χ3v) is 6.31. The molecule has 0 saturated heterocycles. The minimum atomic E-state index is -4.79. The number of alkyl halides is 3. The minimum Gasteiger partial charge on any atom is -0.286 e. The average molecular weight is 489 g/mol. The number of H-pyrrole nitrogens is 1. The van der Waals surface area contributed by atoms with E-state index in [1.54, 1.807) is 53.9 Å². The van der Waals surface area contributed by atoms with Gasteiger partial charge in [0.05, 0.1) is 27.5 Å². The van der Waals surface area contributed by atoms with Gasteiger partial charge in [0.2, 0.25) is 11.5 Å². The smallest absolute Gasteiger partial charge is 0.286 e. The second kappa shape index (κ2) is 9.05. The number of halogens is 3. The van der Waals surface area contributed by atoms with Crippen molar-refractivity contribution in [2.24, 2.45) is 0 Å². The number of benzene rings is 1. The minimum absolute atomic E-state index is 0.0341. The van der Waals surface area contributed by atoms with Crippen molar-refractivity contribution < 1.29 is 27.2 Å². The molecule has 0 aliphatic heterocycles. The van der Waals surface area contributed by atoms with Crippen LogP contribution in [0.4, 0.5) is 13.2 Å². The first-order valence-electron chi connectivity index (χ1n) is 9.20. The molecule has 7 nitrogen and oxygen atoms in total. The Morgan fingerprint density at radius 1 is 1.24 bits per heavy atom. The molecule has 0 spiro atoms. The number of para-hydroxylation sites is 1. The number of pyridine rings is 1. The number of carbonyl (C=O) groups excluding carboxylic acids is 1. The van der Waals surface area contributed by atoms with E-state index in [1.165, 1.54) is 11.3 Å². The Morgan fingerprint density at radius 2 is 2.00 bits per heavy atom. The highest BCUT2D eigenvalue weighted by atomic mass is 32.2. The number of aromatic nitrogens is 3. The molecule has 1 N–H and O–H groups in total. The van der Waals surface area contributed by atoms with Crippen molar-refractivity contribution in [2.45, 2.75) is 11.2 Å². The molecule has 0 fully saturated rings. The summed E-state index contributed by atoms with van der Waals surface area (Å²) in [6, 6.07) is 14.0. The molecule has 0 aliphatic carbocycles. The Kier molecular flexibility index (Phi) is 6.17. The number of hydrogen-bond donors (Lipinski definition) is 1. The fourth-order valence-electron chi connectivity index (χ4n) is 2.98. The van der Waals surface area contributed by atoms with E-state index in [1.807, 2.05) is 0 Å². The quantitative estimate of drug-likeness (QED) is 0.247. The molecule has 0 aliphatic rings. The molecule has 12 heteroatoms. The largest absolute Gasteiger partial charge is 0.438 e. The van der Waals surface area contributed by atoms with Crippen LogP contribution in [0.15, 0.2) is 68.3 Å². The predicted octanol–water partition coefficient (Wildman–Crippen LogP) is 4.23. The molecule has 0 bridgehead atoms. The first-order valence-corrected chi connectivity index (χ1v) is 11.1. The number of Topliss-reactive ketones (excluding diaryl/α,β-unsaturated/α-hetero) is 1. The van der Waals surface area contributed by atoms with Gasteiger partial charge in [-0.25, -0.2) is 9.78 Å². The molecule has 0 saturated carbocycles. The van der Waals surface area contributed by atoms with Crippen LogP contribution in [-0.2, 0) is 6.18 Å². The summed E-state index contributed by atoms with van der Waals surface area (Å²) in [5.41, 5.74) is -2.60. The number of thioether (sulfide) groups is 1. The number of nitrogens with zero attached hydrogens (tertiary/aromatic N) is 3. The van der Waals surface area contributed by atoms with Crippen LogP contribution < -0.4 is 10.3 Å². The highest BCUT2D eigenvalue weighted by Crippen LogP contribution is 2.38. The van der Waals surface area contributed by atoms with Gasteiger partial charge in [0.1, 0.15) is 11.1 Å². The van der Waals surface area contributed by atoms with Crippen LogP contribution >= 0.6 is 23.1 Å². The fraction of sp³-hybridized carbons (Fsp3) is 0.0952. The van der Waals surface area contributed by atoms with Crippen molar-refractivity contribution >= 4 is 28.9 Å². The number of hydrogen-bond acceptors (Lipinski definition) is 7. The molecule has 0 atom stereocenters. The van der Waals surface area contributed by atoms with Crippen LogP contribution in [0.25, 0.3) is 16.3 Å². The van der Waals surface area contributed by atoms with Crippen molar-refractivity contribution in [3.8, 4) is 22.3 Å². The third-order valence-electron chi connectivity index (χ3n) is 4.44. The lowest BCUT2D eigenvalue weighted by molar-refractivity contribution is -0.672. The topological polar surface area (TPSA) is 104 Å². The zero-order valence-corrected chi connectivity index (χ0v) is 18.1. The van der Waals surface area contributed by atoms with Gasteiger partial charge in [0.25, 0.3) is 0 Å². The van der Waals surface area contributed by atoms with Crippen LogP contribution in [0, 0.1) is 11.3 Å². The molecule has 4 aromatic rings. The second-order valence-corrected chi connectivity index (χ2v) is 8.45. The molecular formula is C21H12F3N4O3S2+. The van der Waals surface area contributed by atoms with Gasteiger partial charge in [-0.3, -0.25) is 9.32 Å². The fourth-order valence-corrected chi connectivity index (χ4v) is 4.53. The lowest BCUT2D eigenvalue weighted by Gasteiger charge is -2.13. The Balaban J connectivity index is 1.70. The Bertz CT molecular complexity index is 1410. The molecule has 3 aromatic heterocycles. The molecule has 0 amide bonds. The monoisotopic (exact) mass is 489 g/mol. The number of carbonyl (C=O) groups is 1. The van der Waals surface area contributed by atoms with E-state index in [2.05, 4.69) is 10.3 Å². The van der Waals surface area contributed by atoms with Gasteiger partial charge < -0.3 is 0 Å². The lowest BCUT2D eigenvalue weighted by atomic mass is 10.1. The second-order valence-electron chi connectivity index (χ2n) is 6.53. The first-order chi connectivity index (χ1) is 15.8. The van der Waals surface area contributed by atoms with Crippen molar-refractivity contribution in [3.63, 3.8) is 0 Å². The summed E-state index contributed by atoms with van der Waals surface area (Å²) >= 11 is 1.84. The maximum atomic E-state index is 13.6. The van der Waals surface area contributed by atoms with Crippen LogP contribution in [0.5, 0.6) is 0 Å². The van der Waals surface area contributed by atoms with E-state index in [0.717, 1.165) is 10.7 Å². The van der Waals surface area contributed by atoms with Crippen molar-refractivity contribution in [2.75, 3.05) is 5.75 Å². The van der Waals surface area contributed by atoms with E-state index in [4.69, 9.17) is 4.52 Å². The van der Waals surface area contributed by atoms with Crippen LogP contribution in [0.3, 0.4) is 0 Å². The number of nitriles is 1. The summed E-state index contributed by atoms with van der Waals surface area (Å²) in [6.45, 7) is 0. The molecule has 0 radical (unpaired) electrons. The SMILES string of the molecule is N#Cc1c(C(F)(F)F)cc(-c2cccs2)nc1SCC(=O)c1c(=O)o[nH][n+]1-c1ccccc1. The van der Waals surface area contributed by atoms with Crippen LogP contribution in [0.1, 0.15) is 21.6 Å². The van der Waals surface area contributed by atoms with Gasteiger partial charge in [0.15, 0.2) is 0 Å². The van der Waals surface area contributed by atoms with Gasteiger partial charge in [-0.2, -0.15) is 18.4 Å². The number of aromatic amines is 1. The zero-order valence-electron chi connectivity index (χ0n) is 16.4. The van der Waals surface area contributed by atoms with Crippen LogP contribution in [0.2, 0.25) is 0 Å². The Morgan fingerprint density at radius 3 is 2.64 bits per heavy atom. The number of nitrogens with one attached hydrogen (secondary N) is 1. The summed E-state index contributed by atoms with van der Waals surface area (Å²) in [4.78, 5) is 29.6.